The van der Waals surface area contributed by atoms with Crippen molar-refractivity contribution in [3.63, 3.8) is 0 Å². The second kappa shape index (κ2) is 5.84. The summed E-state index contributed by atoms with van der Waals surface area (Å²) in [6, 6.07) is 4.36. The monoisotopic (exact) mass is 317 g/mol. The van der Waals surface area contributed by atoms with Gasteiger partial charge in [-0.1, -0.05) is 0 Å². The quantitative estimate of drug-likeness (QED) is 0.678. The van der Waals surface area contributed by atoms with Gasteiger partial charge in [-0.3, -0.25) is 14.9 Å². The van der Waals surface area contributed by atoms with Crippen molar-refractivity contribution in [2.75, 3.05) is 0 Å². The van der Waals surface area contributed by atoms with Gasteiger partial charge < -0.3 is 5.32 Å². The zero-order valence-electron chi connectivity index (χ0n) is 12.0. The highest BCUT2D eigenvalue weighted by atomic mass is 32.1. The van der Waals surface area contributed by atoms with E-state index in [-0.39, 0.29) is 11.6 Å². The van der Waals surface area contributed by atoms with Gasteiger partial charge in [0.25, 0.3) is 11.6 Å². The molecule has 1 aromatic carbocycles. The van der Waals surface area contributed by atoms with Gasteiger partial charge in [-0.15, -0.1) is 11.3 Å². The summed E-state index contributed by atoms with van der Waals surface area (Å²) in [6.45, 7) is 2.00. The first kappa shape index (κ1) is 14.6. The highest BCUT2D eigenvalue weighted by Gasteiger charge is 2.26. The number of rotatable bonds is 5. The van der Waals surface area contributed by atoms with Gasteiger partial charge in [0.05, 0.1) is 22.2 Å². The second-order valence-electron chi connectivity index (χ2n) is 5.39. The molecule has 0 unspecified atom stereocenters. The Morgan fingerprint density at radius 2 is 2.27 bits per heavy atom. The number of amides is 1. The zero-order valence-corrected chi connectivity index (χ0v) is 12.9. The van der Waals surface area contributed by atoms with E-state index in [0.717, 1.165) is 10.7 Å². The Labute approximate surface area is 131 Å². The Hall–Kier alpha value is -2.28. The van der Waals surface area contributed by atoms with Crippen LogP contribution in [0.3, 0.4) is 0 Å². The molecule has 0 bridgehead atoms. The van der Waals surface area contributed by atoms with Crippen LogP contribution in [0.25, 0.3) is 0 Å². The molecule has 1 N–H and O–H groups in total. The minimum Gasteiger partial charge on any atom is -0.346 e. The summed E-state index contributed by atoms with van der Waals surface area (Å²) in [4.78, 5) is 26.9. The van der Waals surface area contributed by atoms with Crippen LogP contribution >= 0.6 is 11.3 Å². The number of nitro benzene ring substituents is 1. The molecule has 1 fully saturated rings. The number of nitro groups is 1. The number of hydrogen-bond acceptors (Lipinski definition) is 5. The van der Waals surface area contributed by atoms with E-state index in [1.807, 2.05) is 5.38 Å². The Kier molecular flexibility index (Phi) is 3.89. The molecule has 1 aliphatic carbocycles. The van der Waals surface area contributed by atoms with Gasteiger partial charge in [-0.2, -0.15) is 0 Å². The van der Waals surface area contributed by atoms with Gasteiger partial charge in [-0.05, 0) is 31.9 Å². The molecule has 0 spiro atoms. The summed E-state index contributed by atoms with van der Waals surface area (Å²) in [5, 5.41) is 16.7. The van der Waals surface area contributed by atoms with Gasteiger partial charge in [0.15, 0.2) is 0 Å². The standard InChI is InChI=1S/C15H15N3O3S/c1-9-6-11(4-5-13(9)18(20)21)14(19)16-7-12-8-22-15(17-12)10-2-3-10/h4-6,8,10H,2-3,7H2,1H3,(H,16,19). The number of nitrogens with one attached hydrogen (secondary N) is 1. The number of aromatic nitrogens is 1. The van der Waals surface area contributed by atoms with E-state index in [2.05, 4.69) is 10.3 Å². The van der Waals surface area contributed by atoms with Crippen LogP contribution in [0.4, 0.5) is 5.69 Å². The van der Waals surface area contributed by atoms with Crippen LogP contribution in [-0.4, -0.2) is 15.8 Å². The smallest absolute Gasteiger partial charge is 0.272 e. The number of aryl methyl sites for hydroxylation is 1. The molecular weight excluding hydrogens is 302 g/mol. The van der Waals surface area contributed by atoms with Crippen molar-refractivity contribution in [3.05, 3.63) is 55.5 Å². The van der Waals surface area contributed by atoms with Crippen LogP contribution in [0.2, 0.25) is 0 Å². The number of carbonyl (C=O) groups excluding carboxylic acids is 1. The van der Waals surface area contributed by atoms with Crippen LogP contribution < -0.4 is 5.32 Å². The summed E-state index contributed by atoms with van der Waals surface area (Å²) < 4.78 is 0. The SMILES string of the molecule is Cc1cc(C(=O)NCc2csc(C3CC3)n2)ccc1[N+](=O)[O-]. The summed E-state index contributed by atoms with van der Waals surface area (Å²) in [5.41, 5.74) is 1.77. The fraction of sp³-hybridized carbons (Fsp3) is 0.333. The first-order valence-electron chi connectivity index (χ1n) is 7.02. The van der Waals surface area contributed by atoms with E-state index in [4.69, 9.17) is 0 Å². The van der Waals surface area contributed by atoms with Crippen molar-refractivity contribution >= 4 is 22.9 Å². The molecule has 0 radical (unpaired) electrons. The van der Waals surface area contributed by atoms with E-state index in [9.17, 15) is 14.9 Å². The molecule has 1 aromatic heterocycles. The highest BCUT2D eigenvalue weighted by molar-refractivity contribution is 7.09. The number of carbonyl (C=O) groups is 1. The molecule has 22 heavy (non-hydrogen) atoms. The van der Waals surface area contributed by atoms with E-state index in [0.29, 0.717) is 23.6 Å². The second-order valence-corrected chi connectivity index (χ2v) is 6.28. The first-order chi connectivity index (χ1) is 10.5. The average molecular weight is 317 g/mol. The lowest BCUT2D eigenvalue weighted by Gasteiger charge is -2.04. The first-order valence-corrected chi connectivity index (χ1v) is 7.90. The third kappa shape index (κ3) is 3.14. The van der Waals surface area contributed by atoms with Gasteiger partial charge in [0.1, 0.15) is 0 Å². The van der Waals surface area contributed by atoms with Crippen LogP contribution in [0.15, 0.2) is 23.6 Å². The van der Waals surface area contributed by atoms with Crippen LogP contribution in [-0.2, 0) is 6.54 Å². The number of thiazole rings is 1. The molecule has 3 rings (SSSR count). The molecule has 2 aromatic rings. The van der Waals surface area contributed by atoms with Crippen LogP contribution in [0.5, 0.6) is 0 Å². The van der Waals surface area contributed by atoms with Crippen LogP contribution in [0, 0.1) is 17.0 Å². The van der Waals surface area contributed by atoms with E-state index < -0.39 is 4.92 Å². The number of hydrogen-bond donors (Lipinski definition) is 1. The van der Waals surface area contributed by atoms with Gasteiger partial charge in [0.2, 0.25) is 0 Å². The normalized spacial score (nSPS) is 13.9. The minimum atomic E-state index is -0.453. The molecular formula is C15H15N3O3S. The molecule has 1 saturated carbocycles. The molecule has 0 atom stereocenters. The molecule has 0 saturated heterocycles. The maximum absolute atomic E-state index is 12.1. The molecule has 1 heterocycles. The Bertz CT molecular complexity index is 737. The zero-order chi connectivity index (χ0) is 15.7. The Balaban J connectivity index is 1.63. The molecule has 114 valence electrons. The van der Waals surface area contributed by atoms with Crippen molar-refractivity contribution in [2.45, 2.75) is 32.2 Å². The fourth-order valence-corrected chi connectivity index (χ4v) is 3.19. The van der Waals surface area contributed by atoms with E-state index >= 15 is 0 Å². The summed E-state index contributed by atoms with van der Waals surface area (Å²) >= 11 is 1.64. The number of benzene rings is 1. The molecule has 6 nitrogen and oxygen atoms in total. The lowest BCUT2D eigenvalue weighted by molar-refractivity contribution is -0.385. The summed E-state index contributed by atoms with van der Waals surface area (Å²) in [6.07, 6.45) is 2.42. The molecule has 1 aliphatic rings. The lowest BCUT2D eigenvalue weighted by atomic mass is 10.1. The molecule has 0 aliphatic heterocycles. The van der Waals surface area contributed by atoms with E-state index in [1.54, 1.807) is 18.3 Å². The molecule has 7 heteroatoms. The van der Waals surface area contributed by atoms with Crippen molar-refractivity contribution < 1.29 is 9.72 Å². The van der Waals surface area contributed by atoms with Crippen molar-refractivity contribution in [3.8, 4) is 0 Å². The molecule has 1 amide bonds. The van der Waals surface area contributed by atoms with Crippen molar-refractivity contribution in [1.82, 2.24) is 10.3 Å². The van der Waals surface area contributed by atoms with Gasteiger partial charge in [-0.25, -0.2) is 4.98 Å². The van der Waals surface area contributed by atoms with Gasteiger partial charge in [0, 0.05) is 28.5 Å². The maximum Gasteiger partial charge on any atom is 0.272 e. The predicted molar refractivity (Wildman–Crippen MR) is 83.1 cm³/mol. The van der Waals surface area contributed by atoms with Gasteiger partial charge >= 0.3 is 0 Å². The third-order valence-electron chi connectivity index (χ3n) is 3.58. The number of nitrogens with zero attached hydrogens (tertiary/aromatic N) is 2. The summed E-state index contributed by atoms with van der Waals surface area (Å²) in [7, 11) is 0. The topological polar surface area (TPSA) is 85.1 Å². The summed E-state index contributed by atoms with van der Waals surface area (Å²) in [5.74, 6) is 0.366. The minimum absolute atomic E-state index is 0.0186. The lowest BCUT2D eigenvalue weighted by Crippen LogP contribution is -2.23. The maximum atomic E-state index is 12.1. The predicted octanol–water partition coefficient (Wildman–Crippen LogP) is 3.17. The average Bonchev–Trinajstić information content (AvgIpc) is 3.23. The Morgan fingerprint density at radius 1 is 1.50 bits per heavy atom. The highest BCUT2D eigenvalue weighted by Crippen LogP contribution is 2.41. The van der Waals surface area contributed by atoms with Crippen LogP contribution in [0.1, 0.15) is 45.4 Å². The fourth-order valence-electron chi connectivity index (χ4n) is 2.20. The third-order valence-corrected chi connectivity index (χ3v) is 4.64. The van der Waals surface area contributed by atoms with E-state index in [1.165, 1.54) is 31.0 Å². The van der Waals surface area contributed by atoms with Crippen molar-refractivity contribution in [2.24, 2.45) is 0 Å². The largest absolute Gasteiger partial charge is 0.346 e. The Morgan fingerprint density at radius 3 is 2.91 bits per heavy atom. The van der Waals surface area contributed by atoms with Crippen molar-refractivity contribution in [1.29, 1.82) is 0 Å².